The van der Waals surface area contributed by atoms with Gasteiger partial charge < -0.3 is 14.8 Å². The van der Waals surface area contributed by atoms with Crippen molar-refractivity contribution in [2.75, 3.05) is 19.9 Å². The molecule has 0 aliphatic carbocycles. The maximum atomic E-state index is 12.3. The Kier molecular flexibility index (Phi) is 5.01. The molecular formula is C13H20ClN3O3. The summed E-state index contributed by atoms with van der Waals surface area (Å²) in [5, 5.41) is 7.52. The van der Waals surface area contributed by atoms with E-state index in [2.05, 4.69) is 10.4 Å². The van der Waals surface area contributed by atoms with Crippen molar-refractivity contribution in [3.8, 4) is 0 Å². The predicted octanol–water partition coefficient (Wildman–Crippen LogP) is 1.69. The van der Waals surface area contributed by atoms with Gasteiger partial charge in [-0.3, -0.25) is 9.48 Å². The number of halogens is 1. The zero-order valence-corrected chi connectivity index (χ0v) is 12.7. The van der Waals surface area contributed by atoms with Gasteiger partial charge in [0, 0.05) is 13.6 Å². The van der Waals surface area contributed by atoms with E-state index in [4.69, 9.17) is 21.1 Å². The second kappa shape index (κ2) is 6.56. The van der Waals surface area contributed by atoms with Crippen LogP contribution in [0, 0.1) is 0 Å². The molecule has 0 aromatic carbocycles. The van der Waals surface area contributed by atoms with Crippen molar-refractivity contribution in [3.63, 3.8) is 0 Å². The number of carbonyl (C=O) groups is 1. The van der Waals surface area contributed by atoms with Crippen molar-refractivity contribution in [2.45, 2.75) is 32.3 Å². The maximum absolute atomic E-state index is 12.3. The molecule has 2 heterocycles. The number of rotatable bonds is 4. The van der Waals surface area contributed by atoms with Crippen LogP contribution in [0.4, 0.5) is 0 Å². The van der Waals surface area contributed by atoms with Gasteiger partial charge >= 0.3 is 0 Å². The molecule has 0 bridgehead atoms. The maximum Gasteiger partial charge on any atom is 0.256 e. The fraction of sp³-hybridized carbons (Fsp3) is 0.692. The number of carbonyl (C=O) groups excluding carboxylic acids is 1. The van der Waals surface area contributed by atoms with Crippen LogP contribution in [0.15, 0.2) is 0 Å². The minimum atomic E-state index is -0.207. The van der Waals surface area contributed by atoms with E-state index in [1.165, 1.54) is 4.68 Å². The lowest BCUT2D eigenvalue weighted by Gasteiger charge is -2.22. The van der Waals surface area contributed by atoms with E-state index < -0.39 is 0 Å². The fourth-order valence-electron chi connectivity index (χ4n) is 2.09. The Bertz CT molecular complexity index is 481. The number of nitrogens with zero attached hydrogens (tertiary/aromatic N) is 2. The second-order valence-corrected chi connectivity index (χ2v) is 5.50. The summed E-state index contributed by atoms with van der Waals surface area (Å²) in [6.45, 7) is 5.36. The Hall–Kier alpha value is -1.11. The Morgan fingerprint density at radius 2 is 2.35 bits per heavy atom. The van der Waals surface area contributed by atoms with Gasteiger partial charge in [-0.05, 0) is 12.3 Å². The minimum Gasteiger partial charge on any atom is -0.355 e. The molecule has 1 fully saturated rings. The van der Waals surface area contributed by atoms with E-state index in [9.17, 15) is 4.79 Å². The van der Waals surface area contributed by atoms with Crippen LogP contribution in [0.25, 0.3) is 0 Å². The van der Waals surface area contributed by atoms with Crippen LogP contribution in [-0.2, 0) is 16.5 Å². The number of aromatic nitrogens is 2. The third kappa shape index (κ3) is 3.31. The summed E-state index contributed by atoms with van der Waals surface area (Å²) in [5.41, 5.74) is 1.17. The van der Waals surface area contributed by atoms with Crippen molar-refractivity contribution in [1.29, 1.82) is 0 Å². The van der Waals surface area contributed by atoms with Crippen molar-refractivity contribution in [2.24, 2.45) is 7.05 Å². The predicted molar refractivity (Wildman–Crippen MR) is 74.9 cm³/mol. The van der Waals surface area contributed by atoms with Gasteiger partial charge in [-0.2, -0.15) is 5.10 Å². The molecular weight excluding hydrogens is 282 g/mol. The third-order valence-electron chi connectivity index (χ3n) is 3.24. The van der Waals surface area contributed by atoms with Crippen LogP contribution in [0.1, 0.15) is 42.2 Å². The third-order valence-corrected chi connectivity index (χ3v) is 3.67. The molecule has 0 unspecified atom stereocenters. The molecule has 1 atom stereocenters. The molecule has 112 valence electrons. The van der Waals surface area contributed by atoms with Crippen LogP contribution >= 0.6 is 11.6 Å². The summed E-state index contributed by atoms with van der Waals surface area (Å²) in [6.07, 6.45) is 0.767. The molecule has 1 amide bonds. The van der Waals surface area contributed by atoms with Crippen LogP contribution in [0.3, 0.4) is 0 Å². The van der Waals surface area contributed by atoms with E-state index in [-0.39, 0.29) is 24.7 Å². The van der Waals surface area contributed by atoms with Gasteiger partial charge in [0.1, 0.15) is 11.9 Å². The van der Waals surface area contributed by atoms with E-state index in [0.717, 1.165) is 6.42 Å². The molecule has 1 aromatic heterocycles. The normalized spacial score (nSPS) is 19.4. The van der Waals surface area contributed by atoms with Gasteiger partial charge in [0.25, 0.3) is 5.91 Å². The molecule has 1 aliphatic rings. The van der Waals surface area contributed by atoms with Crippen molar-refractivity contribution >= 4 is 17.5 Å². The lowest BCUT2D eigenvalue weighted by molar-refractivity contribution is -0.136. The number of hydrogen-bond acceptors (Lipinski definition) is 4. The standard InChI is InChI=1S/C13H20ClN3O3/c1-8(2)11-10(12(14)17(3)16-11)13(18)15-6-9-4-5-19-7-20-9/h8-9H,4-7H2,1-3H3,(H,15,18)/t9-/m0/s1. The topological polar surface area (TPSA) is 65.4 Å². The molecule has 1 saturated heterocycles. The molecule has 1 aliphatic heterocycles. The summed E-state index contributed by atoms with van der Waals surface area (Å²) in [6, 6.07) is 0. The van der Waals surface area contributed by atoms with E-state index in [1.807, 2.05) is 13.8 Å². The largest absolute Gasteiger partial charge is 0.355 e. The first-order chi connectivity index (χ1) is 9.50. The molecule has 0 radical (unpaired) electrons. The van der Waals surface area contributed by atoms with Gasteiger partial charge in [-0.1, -0.05) is 25.4 Å². The highest BCUT2D eigenvalue weighted by atomic mass is 35.5. The summed E-state index contributed by atoms with van der Waals surface area (Å²) in [4.78, 5) is 12.3. The zero-order valence-electron chi connectivity index (χ0n) is 12.0. The number of hydrogen-bond donors (Lipinski definition) is 1. The molecule has 7 heteroatoms. The highest BCUT2D eigenvalue weighted by Crippen LogP contribution is 2.25. The van der Waals surface area contributed by atoms with E-state index >= 15 is 0 Å². The van der Waals surface area contributed by atoms with Crippen LogP contribution in [0.2, 0.25) is 5.15 Å². The van der Waals surface area contributed by atoms with E-state index in [1.54, 1.807) is 7.05 Å². The van der Waals surface area contributed by atoms with Crippen molar-refractivity contribution < 1.29 is 14.3 Å². The lowest BCUT2D eigenvalue weighted by atomic mass is 10.1. The number of nitrogens with one attached hydrogen (secondary N) is 1. The highest BCUT2D eigenvalue weighted by Gasteiger charge is 2.24. The molecule has 2 rings (SSSR count). The number of aryl methyl sites for hydroxylation is 1. The summed E-state index contributed by atoms with van der Waals surface area (Å²) in [5.74, 6) is -0.0735. The summed E-state index contributed by atoms with van der Waals surface area (Å²) < 4.78 is 12.0. The second-order valence-electron chi connectivity index (χ2n) is 5.14. The van der Waals surface area contributed by atoms with Gasteiger partial charge in [-0.25, -0.2) is 0 Å². The van der Waals surface area contributed by atoms with Crippen LogP contribution < -0.4 is 5.32 Å². The van der Waals surface area contributed by atoms with Gasteiger partial charge in [0.05, 0.1) is 24.0 Å². The smallest absolute Gasteiger partial charge is 0.256 e. The molecule has 1 N–H and O–H groups in total. The average molecular weight is 302 g/mol. The summed E-state index contributed by atoms with van der Waals surface area (Å²) >= 11 is 6.16. The van der Waals surface area contributed by atoms with Crippen LogP contribution in [-0.4, -0.2) is 41.7 Å². The Balaban J connectivity index is 2.04. The zero-order chi connectivity index (χ0) is 14.7. The molecule has 0 spiro atoms. The highest BCUT2D eigenvalue weighted by molar-refractivity contribution is 6.33. The summed E-state index contributed by atoms with van der Waals surface area (Å²) in [7, 11) is 1.73. The fourth-order valence-corrected chi connectivity index (χ4v) is 2.31. The van der Waals surface area contributed by atoms with Crippen LogP contribution in [0.5, 0.6) is 0 Å². The first-order valence-electron chi connectivity index (χ1n) is 6.70. The Labute approximate surface area is 123 Å². The Morgan fingerprint density at radius 1 is 1.60 bits per heavy atom. The molecule has 6 nitrogen and oxygen atoms in total. The number of amides is 1. The molecule has 0 saturated carbocycles. The Morgan fingerprint density at radius 3 is 2.95 bits per heavy atom. The van der Waals surface area contributed by atoms with Gasteiger partial charge in [0.15, 0.2) is 0 Å². The molecule has 1 aromatic rings. The average Bonchev–Trinajstić information content (AvgIpc) is 2.74. The van der Waals surface area contributed by atoms with Crippen molar-refractivity contribution in [3.05, 3.63) is 16.4 Å². The number of ether oxygens (including phenoxy) is 2. The monoisotopic (exact) mass is 301 g/mol. The van der Waals surface area contributed by atoms with Crippen molar-refractivity contribution in [1.82, 2.24) is 15.1 Å². The first kappa shape index (κ1) is 15.3. The van der Waals surface area contributed by atoms with E-state index in [0.29, 0.717) is 29.6 Å². The van der Waals surface area contributed by atoms with Gasteiger partial charge in [-0.15, -0.1) is 0 Å². The molecule has 20 heavy (non-hydrogen) atoms. The first-order valence-corrected chi connectivity index (χ1v) is 7.08. The quantitative estimate of drug-likeness (QED) is 0.919. The minimum absolute atomic E-state index is 0.00866. The SMILES string of the molecule is CC(C)c1nn(C)c(Cl)c1C(=O)NC[C@@H]1CCOCO1. The van der Waals surface area contributed by atoms with Gasteiger partial charge in [0.2, 0.25) is 0 Å². The lowest BCUT2D eigenvalue weighted by Crippen LogP contribution is -2.37.